The van der Waals surface area contributed by atoms with Crippen LogP contribution in [-0.2, 0) is 0 Å². The highest BCUT2D eigenvalue weighted by Crippen LogP contribution is 2.26. The summed E-state index contributed by atoms with van der Waals surface area (Å²) in [5, 5.41) is 3.56. The van der Waals surface area contributed by atoms with E-state index in [9.17, 15) is 0 Å². The summed E-state index contributed by atoms with van der Waals surface area (Å²) >= 11 is 5.45. The first-order valence-electron chi connectivity index (χ1n) is 5.67. The third-order valence-electron chi connectivity index (χ3n) is 2.68. The Morgan fingerprint density at radius 3 is 2.62 bits per heavy atom. The Hall–Kier alpha value is 0.01000. The minimum absolute atomic E-state index is 0.258. The molecule has 0 fully saturated rings. The van der Waals surface area contributed by atoms with Crippen molar-refractivity contribution in [2.75, 3.05) is 12.3 Å². The first-order valence-corrected chi connectivity index (χ1v) is 7.45. The standard InChI is InChI=1S/C13H20BrNS/c1-4-13(2,3)15-9-10-16-12-8-6-5-7-11(12)14/h5-8,15H,4,9-10H2,1-3H3. The van der Waals surface area contributed by atoms with Crippen LogP contribution in [0.2, 0.25) is 0 Å². The summed E-state index contributed by atoms with van der Waals surface area (Å²) in [6.07, 6.45) is 1.16. The number of hydrogen-bond donors (Lipinski definition) is 1. The number of benzene rings is 1. The lowest BCUT2D eigenvalue weighted by molar-refractivity contribution is 0.388. The molecule has 0 saturated carbocycles. The van der Waals surface area contributed by atoms with E-state index in [4.69, 9.17) is 0 Å². The van der Waals surface area contributed by atoms with E-state index in [0.29, 0.717) is 0 Å². The first kappa shape index (κ1) is 14.1. The van der Waals surface area contributed by atoms with Gasteiger partial charge in [-0.05, 0) is 48.3 Å². The Morgan fingerprint density at radius 2 is 2.00 bits per heavy atom. The molecule has 16 heavy (non-hydrogen) atoms. The number of halogens is 1. The molecule has 0 heterocycles. The molecule has 0 aliphatic heterocycles. The summed E-state index contributed by atoms with van der Waals surface area (Å²) in [5.41, 5.74) is 0.258. The van der Waals surface area contributed by atoms with Crippen LogP contribution in [0, 0.1) is 0 Å². The highest BCUT2D eigenvalue weighted by atomic mass is 79.9. The average molecular weight is 302 g/mol. The average Bonchev–Trinajstić information content (AvgIpc) is 2.27. The van der Waals surface area contributed by atoms with E-state index in [0.717, 1.165) is 18.7 Å². The highest BCUT2D eigenvalue weighted by Gasteiger charge is 2.12. The topological polar surface area (TPSA) is 12.0 Å². The fourth-order valence-corrected chi connectivity index (χ4v) is 2.67. The second-order valence-electron chi connectivity index (χ2n) is 4.44. The molecule has 0 saturated heterocycles. The van der Waals surface area contributed by atoms with Gasteiger partial charge >= 0.3 is 0 Å². The molecule has 0 amide bonds. The SMILES string of the molecule is CCC(C)(C)NCCSc1ccccc1Br. The van der Waals surface area contributed by atoms with Crippen molar-refractivity contribution >= 4 is 27.7 Å². The molecule has 3 heteroatoms. The third kappa shape index (κ3) is 4.89. The molecule has 0 radical (unpaired) electrons. The van der Waals surface area contributed by atoms with Gasteiger partial charge in [0.1, 0.15) is 0 Å². The summed E-state index contributed by atoms with van der Waals surface area (Å²) < 4.78 is 1.19. The Bertz CT molecular complexity index is 325. The second kappa shape index (κ2) is 6.67. The molecule has 90 valence electrons. The fourth-order valence-electron chi connectivity index (χ4n) is 1.24. The van der Waals surface area contributed by atoms with E-state index < -0.39 is 0 Å². The molecule has 1 aromatic rings. The van der Waals surface area contributed by atoms with Crippen LogP contribution in [-0.4, -0.2) is 17.8 Å². The smallest absolute Gasteiger partial charge is 0.0311 e. The van der Waals surface area contributed by atoms with E-state index in [1.807, 2.05) is 17.8 Å². The van der Waals surface area contributed by atoms with E-state index in [2.05, 4.69) is 60.2 Å². The van der Waals surface area contributed by atoms with Crippen molar-refractivity contribution in [1.82, 2.24) is 5.32 Å². The van der Waals surface area contributed by atoms with Crippen molar-refractivity contribution in [1.29, 1.82) is 0 Å². The van der Waals surface area contributed by atoms with Crippen LogP contribution in [0.25, 0.3) is 0 Å². The zero-order chi connectivity index (χ0) is 12.0. The largest absolute Gasteiger partial charge is 0.311 e. The lowest BCUT2D eigenvalue weighted by Gasteiger charge is -2.24. The van der Waals surface area contributed by atoms with Crippen LogP contribution in [0.4, 0.5) is 0 Å². The molecule has 1 aromatic carbocycles. The maximum absolute atomic E-state index is 3.56. The highest BCUT2D eigenvalue weighted by molar-refractivity contribution is 9.10. The van der Waals surface area contributed by atoms with Crippen LogP contribution >= 0.6 is 27.7 Å². The predicted molar refractivity (Wildman–Crippen MR) is 77.2 cm³/mol. The van der Waals surface area contributed by atoms with Crippen molar-refractivity contribution in [2.24, 2.45) is 0 Å². The van der Waals surface area contributed by atoms with E-state index in [1.54, 1.807) is 0 Å². The van der Waals surface area contributed by atoms with Gasteiger partial charge in [-0.1, -0.05) is 19.1 Å². The van der Waals surface area contributed by atoms with E-state index in [-0.39, 0.29) is 5.54 Å². The van der Waals surface area contributed by atoms with Gasteiger partial charge in [-0.15, -0.1) is 11.8 Å². The fraction of sp³-hybridized carbons (Fsp3) is 0.538. The molecule has 0 aromatic heterocycles. The van der Waals surface area contributed by atoms with Crippen LogP contribution < -0.4 is 5.32 Å². The number of nitrogens with one attached hydrogen (secondary N) is 1. The van der Waals surface area contributed by atoms with Crippen LogP contribution in [0.1, 0.15) is 27.2 Å². The van der Waals surface area contributed by atoms with Gasteiger partial charge in [0.2, 0.25) is 0 Å². The van der Waals surface area contributed by atoms with Crippen molar-refractivity contribution in [2.45, 2.75) is 37.6 Å². The Morgan fingerprint density at radius 1 is 1.31 bits per heavy atom. The monoisotopic (exact) mass is 301 g/mol. The maximum Gasteiger partial charge on any atom is 0.0311 e. The lowest BCUT2D eigenvalue weighted by atomic mass is 10.0. The van der Waals surface area contributed by atoms with Crippen molar-refractivity contribution in [3.05, 3.63) is 28.7 Å². The zero-order valence-corrected chi connectivity index (χ0v) is 12.6. The molecule has 0 unspecified atom stereocenters. The Kier molecular flexibility index (Phi) is 5.87. The minimum Gasteiger partial charge on any atom is -0.311 e. The van der Waals surface area contributed by atoms with Crippen molar-refractivity contribution in [3.8, 4) is 0 Å². The van der Waals surface area contributed by atoms with Crippen molar-refractivity contribution in [3.63, 3.8) is 0 Å². The Balaban J connectivity index is 2.29. The van der Waals surface area contributed by atoms with Gasteiger partial charge in [-0.25, -0.2) is 0 Å². The van der Waals surface area contributed by atoms with Crippen LogP contribution in [0.5, 0.6) is 0 Å². The maximum atomic E-state index is 3.56. The van der Waals surface area contributed by atoms with E-state index >= 15 is 0 Å². The first-order chi connectivity index (χ1) is 7.55. The number of rotatable bonds is 6. The number of hydrogen-bond acceptors (Lipinski definition) is 2. The van der Waals surface area contributed by atoms with Gasteiger partial charge in [-0.3, -0.25) is 0 Å². The molecule has 0 atom stereocenters. The molecule has 0 bridgehead atoms. The summed E-state index contributed by atoms with van der Waals surface area (Å²) in [5.74, 6) is 1.10. The zero-order valence-electron chi connectivity index (χ0n) is 10.2. The minimum atomic E-state index is 0.258. The summed E-state index contributed by atoms with van der Waals surface area (Å²) in [4.78, 5) is 1.32. The molecular formula is C13H20BrNS. The van der Waals surface area contributed by atoms with Gasteiger partial charge in [-0.2, -0.15) is 0 Å². The quantitative estimate of drug-likeness (QED) is 0.620. The molecule has 0 aliphatic rings. The van der Waals surface area contributed by atoms with Gasteiger partial charge in [0, 0.05) is 27.2 Å². The van der Waals surface area contributed by atoms with Crippen LogP contribution in [0.3, 0.4) is 0 Å². The summed E-state index contributed by atoms with van der Waals surface area (Å²) in [7, 11) is 0. The number of thioether (sulfide) groups is 1. The molecule has 0 spiro atoms. The van der Waals surface area contributed by atoms with Gasteiger partial charge in [0.15, 0.2) is 0 Å². The van der Waals surface area contributed by atoms with E-state index in [1.165, 1.54) is 9.37 Å². The third-order valence-corrected chi connectivity index (χ3v) is 4.71. The molecule has 1 rings (SSSR count). The molecule has 1 N–H and O–H groups in total. The molecular weight excluding hydrogens is 282 g/mol. The summed E-state index contributed by atoms with van der Waals surface area (Å²) in [6, 6.07) is 8.37. The molecule has 1 nitrogen and oxygen atoms in total. The van der Waals surface area contributed by atoms with Crippen LogP contribution in [0.15, 0.2) is 33.6 Å². The summed E-state index contributed by atoms with van der Waals surface area (Å²) in [6.45, 7) is 7.76. The normalized spacial score (nSPS) is 11.8. The second-order valence-corrected chi connectivity index (χ2v) is 6.43. The van der Waals surface area contributed by atoms with Gasteiger partial charge in [0.25, 0.3) is 0 Å². The van der Waals surface area contributed by atoms with Crippen molar-refractivity contribution < 1.29 is 0 Å². The predicted octanol–water partition coefficient (Wildman–Crippen LogP) is 4.32. The lowest BCUT2D eigenvalue weighted by Crippen LogP contribution is -2.39. The Labute approximate surface area is 112 Å². The van der Waals surface area contributed by atoms with Gasteiger partial charge < -0.3 is 5.32 Å². The van der Waals surface area contributed by atoms with Gasteiger partial charge in [0.05, 0.1) is 0 Å². The molecule has 0 aliphatic carbocycles.